The summed E-state index contributed by atoms with van der Waals surface area (Å²) >= 11 is 0. The summed E-state index contributed by atoms with van der Waals surface area (Å²) in [6.45, 7) is 6.87. The van der Waals surface area contributed by atoms with E-state index < -0.39 is 0 Å². The van der Waals surface area contributed by atoms with Gasteiger partial charge in [0.2, 0.25) is 0 Å². The molecule has 1 aromatic carbocycles. The molecule has 1 aromatic rings. The van der Waals surface area contributed by atoms with E-state index in [2.05, 4.69) is 29.7 Å². The molecule has 2 rings (SSSR count). The standard InChI is InChI=1S/C15H24N2O/c1-3-18-15-7-5-4-6-13(15)11-16-12(2)10-17-14-8-9-14/h4-7,12,14,16-17H,3,8-11H2,1-2H3. The minimum atomic E-state index is 0.486. The third-order valence-electron chi connectivity index (χ3n) is 3.20. The first-order valence-electron chi connectivity index (χ1n) is 6.97. The van der Waals surface area contributed by atoms with Crippen molar-refractivity contribution in [3.8, 4) is 5.75 Å². The van der Waals surface area contributed by atoms with Crippen LogP contribution in [0.5, 0.6) is 5.75 Å². The predicted molar refractivity (Wildman–Crippen MR) is 74.9 cm³/mol. The fourth-order valence-corrected chi connectivity index (χ4v) is 1.93. The molecule has 0 aromatic heterocycles. The lowest BCUT2D eigenvalue weighted by Gasteiger charge is -2.16. The number of ether oxygens (including phenoxy) is 1. The largest absolute Gasteiger partial charge is 0.494 e. The maximum Gasteiger partial charge on any atom is 0.123 e. The smallest absolute Gasteiger partial charge is 0.123 e. The quantitative estimate of drug-likeness (QED) is 0.740. The van der Waals surface area contributed by atoms with Gasteiger partial charge >= 0.3 is 0 Å². The van der Waals surface area contributed by atoms with E-state index in [0.717, 1.165) is 31.5 Å². The topological polar surface area (TPSA) is 33.3 Å². The summed E-state index contributed by atoms with van der Waals surface area (Å²) in [5.41, 5.74) is 1.23. The lowest BCUT2D eigenvalue weighted by atomic mass is 10.2. The second-order valence-corrected chi connectivity index (χ2v) is 5.01. The van der Waals surface area contributed by atoms with E-state index in [-0.39, 0.29) is 0 Å². The Morgan fingerprint density at radius 2 is 2.11 bits per heavy atom. The molecule has 0 spiro atoms. The van der Waals surface area contributed by atoms with Gasteiger partial charge in [-0.15, -0.1) is 0 Å². The normalized spacial score (nSPS) is 16.6. The Bertz CT molecular complexity index is 363. The molecule has 1 aliphatic carbocycles. The van der Waals surface area contributed by atoms with Crippen molar-refractivity contribution in [2.45, 2.75) is 45.3 Å². The van der Waals surface area contributed by atoms with Crippen molar-refractivity contribution in [2.24, 2.45) is 0 Å². The highest BCUT2D eigenvalue weighted by molar-refractivity contribution is 5.33. The predicted octanol–water partition coefficient (Wildman–Crippen LogP) is 2.32. The van der Waals surface area contributed by atoms with Gasteiger partial charge in [-0.3, -0.25) is 0 Å². The summed E-state index contributed by atoms with van der Waals surface area (Å²) in [6.07, 6.45) is 2.69. The summed E-state index contributed by atoms with van der Waals surface area (Å²) in [6, 6.07) is 9.51. The zero-order chi connectivity index (χ0) is 12.8. The first-order chi connectivity index (χ1) is 8.79. The van der Waals surface area contributed by atoms with Crippen molar-refractivity contribution < 1.29 is 4.74 Å². The molecule has 3 heteroatoms. The number of hydrogen-bond acceptors (Lipinski definition) is 3. The highest BCUT2D eigenvalue weighted by Crippen LogP contribution is 2.19. The third kappa shape index (κ3) is 4.31. The first-order valence-corrected chi connectivity index (χ1v) is 6.97. The van der Waals surface area contributed by atoms with E-state index in [1.54, 1.807) is 0 Å². The molecular formula is C15H24N2O. The highest BCUT2D eigenvalue weighted by atomic mass is 16.5. The van der Waals surface area contributed by atoms with Crippen LogP contribution in [0.25, 0.3) is 0 Å². The van der Waals surface area contributed by atoms with Crippen LogP contribution in [0.3, 0.4) is 0 Å². The molecule has 0 amide bonds. The lowest BCUT2D eigenvalue weighted by molar-refractivity contribution is 0.334. The Hall–Kier alpha value is -1.06. The van der Waals surface area contributed by atoms with Gasteiger partial charge in [-0.05, 0) is 32.8 Å². The molecule has 1 unspecified atom stereocenters. The van der Waals surface area contributed by atoms with Gasteiger partial charge in [-0.1, -0.05) is 18.2 Å². The van der Waals surface area contributed by atoms with Crippen LogP contribution >= 0.6 is 0 Å². The molecule has 3 nitrogen and oxygen atoms in total. The Labute approximate surface area is 110 Å². The van der Waals surface area contributed by atoms with Crippen LogP contribution in [0.1, 0.15) is 32.3 Å². The molecule has 1 saturated carbocycles. The first kappa shape index (κ1) is 13.4. The van der Waals surface area contributed by atoms with Gasteiger partial charge in [0.15, 0.2) is 0 Å². The number of para-hydroxylation sites is 1. The molecular weight excluding hydrogens is 224 g/mol. The van der Waals surface area contributed by atoms with Crippen molar-refractivity contribution in [1.82, 2.24) is 10.6 Å². The minimum absolute atomic E-state index is 0.486. The van der Waals surface area contributed by atoms with Crippen LogP contribution in [0.2, 0.25) is 0 Å². The summed E-state index contributed by atoms with van der Waals surface area (Å²) in [5, 5.41) is 7.08. The van der Waals surface area contributed by atoms with Crippen LogP contribution in [0.15, 0.2) is 24.3 Å². The number of hydrogen-bond donors (Lipinski definition) is 2. The summed E-state index contributed by atoms with van der Waals surface area (Å²) < 4.78 is 5.62. The monoisotopic (exact) mass is 248 g/mol. The molecule has 0 saturated heterocycles. The van der Waals surface area contributed by atoms with Crippen LogP contribution < -0.4 is 15.4 Å². The Morgan fingerprint density at radius 3 is 2.83 bits per heavy atom. The van der Waals surface area contributed by atoms with E-state index >= 15 is 0 Å². The molecule has 1 fully saturated rings. The Kier molecular flexibility index (Phi) is 5.02. The summed E-state index contributed by atoms with van der Waals surface area (Å²) in [7, 11) is 0. The van der Waals surface area contributed by atoms with E-state index in [4.69, 9.17) is 4.74 Å². The zero-order valence-electron chi connectivity index (χ0n) is 11.4. The number of benzene rings is 1. The molecule has 100 valence electrons. The molecule has 0 radical (unpaired) electrons. The maximum atomic E-state index is 5.62. The minimum Gasteiger partial charge on any atom is -0.494 e. The van der Waals surface area contributed by atoms with Gasteiger partial charge in [-0.2, -0.15) is 0 Å². The fourth-order valence-electron chi connectivity index (χ4n) is 1.93. The van der Waals surface area contributed by atoms with Crippen LogP contribution in [-0.4, -0.2) is 25.2 Å². The Morgan fingerprint density at radius 1 is 1.33 bits per heavy atom. The average molecular weight is 248 g/mol. The van der Waals surface area contributed by atoms with E-state index in [0.29, 0.717) is 6.04 Å². The molecule has 0 bridgehead atoms. The molecule has 18 heavy (non-hydrogen) atoms. The van der Waals surface area contributed by atoms with Crippen molar-refractivity contribution in [1.29, 1.82) is 0 Å². The van der Waals surface area contributed by atoms with Crippen LogP contribution in [0.4, 0.5) is 0 Å². The van der Waals surface area contributed by atoms with Crippen molar-refractivity contribution >= 4 is 0 Å². The zero-order valence-corrected chi connectivity index (χ0v) is 11.4. The van der Waals surface area contributed by atoms with Crippen molar-refractivity contribution in [3.05, 3.63) is 29.8 Å². The Balaban J connectivity index is 1.77. The van der Waals surface area contributed by atoms with Crippen LogP contribution in [0, 0.1) is 0 Å². The summed E-state index contributed by atoms with van der Waals surface area (Å²) in [4.78, 5) is 0. The summed E-state index contributed by atoms with van der Waals surface area (Å²) in [5.74, 6) is 0.995. The van der Waals surface area contributed by atoms with Gasteiger partial charge in [0.25, 0.3) is 0 Å². The second-order valence-electron chi connectivity index (χ2n) is 5.01. The SMILES string of the molecule is CCOc1ccccc1CNC(C)CNC1CC1. The number of nitrogens with one attached hydrogen (secondary N) is 2. The van der Waals surface area contributed by atoms with Gasteiger partial charge in [0.05, 0.1) is 6.61 Å². The maximum absolute atomic E-state index is 5.62. The van der Waals surface area contributed by atoms with Crippen LogP contribution in [-0.2, 0) is 6.54 Å². The van der Waals surface area contributed by atoms with E-state index in [9.17, 15) is 0 Å². The highest BCUT2D eigenvalue weighted by Gasteiger charge is 2.20. The van der Waals surface area contributed by atoms with Crippen molar-refractivity contribution in [2.75, 3.05) is 13.2 Å². The van der Waals surface area contributed by atoms with Gasteiger partial charge < -0.3 is 15.4 Å². The van der Waals surface area contributed by atoms with Crippen molar-refractivity contribution in [3.63, 3.8) is 0 Å². The van der Waals surface area contributed by atoms with Gasteiger partial charge in [0, 0.05) is 30.7 Å². The molecule has 2 N–H and O–H groups in total. The second kappa shape index (κ2) is 6.76. The van der Waals surface area contributed by atoms with E-state index in [1.165, 1.54) is 18.4 Å². The molecule has 1 aliphatic rings. The lowest BCUT2D eigenvalue weighted by Crippen LogP contribution is -2.36. The van der Waals surface area contributed by atoms with Gasteiger partial charge in [-0.25, -0.2) is 0 Å². The molecule has 0 aliphatic heterocycles. The average Bonchev–Trinajstić information content (AvgIpc) is 3.20. The van der Waals surface area contributed by atoms with E-state index in [1.807, 2.05) is 19.1 Å². The number of rotatable bonds is 8. The fraction of sp³-hybridized carbons (Fsp3) is 0.600. The molecule has 1 atom stereocenters. The van der Waals surface area contributed by atoms with Gasteiger partial charge in [0.1, 0.15) is 5.75 Å². The molecule has 0 heterocycles. The third-order valence-corrected chi connectivity index (χ3v) is 3.20.